The molecule has 1 N–H and O–H groups in total. The summed E-state index contributed by atoms with van der Waals surface area (Å²) in [7, 11) is -3.72. The molecule has 18 heavy (non-hydrogen) atoms. The zero-order valence-corrected chi connectivity index (χ0v) is 12.3. The van der Waals surface area contributed by atoms with E-state index in [1.165, 1.54) is 6.07 Å². The second-order valence-corrected chi connectivity index (χ2v) is 6.26. The lowest BCUT2D eigenvalue weighted by Gasteiger charge is -2.10. The number of hydrogen-bond donors (Lipinski definition) is 1. The largest absolute Gasteiger partial charge is 0.271 e. The van der Waals surface area contributed by atoms with Crippen LogP contribution in [0.1, 0.15) is 11.1 Å². The Morgan fingerprint density at radius 3 is 2.50 bits per heavy atom. The molecule has 0 spiro atoms. The number of alkyl halides is 1. The van der Waals surface area contributed by atoms with Crippen LogP contribution in [0, 0.1) is 24.0 Å². The van der Waals surface area contributed by atoms with Crippen LogP contribution in [0.25, 0.3) is 0 Å². The van der Waals surface area contributed by atoms with Crippen molar-refractivity contribution in [2.24, 2.45) is 0 Å². The summed E-state index contributed by atoms with van der Waals surface area (Å²) in [5.74, 6) is 0. The van der Waals surface area contributed by atoms with Crippen LogP contribution in [0.15, 0.2) is 17.0 Å². The highest BCUT2D eigenvalue weighted by atomic mass is 79.9. The molecule has 0 aliphatic heterocycles. The average Bonchev–Trinajstić information content (AvgIpc) is 2.29. The number of halogens is 1. The highest BCUT2D eigenvalue weighted by Crippen LogP contribution is 2.25. The fourth-order valence-corrected chi connectivity index (χ4v) is 3.27. The Labute approximate surface area is 114 Å². The number of sulfonamides is 1. The van der Waals surface area contributed by atoms with Gasteiger partial charge in [-0.25, -0.2) is 13.1 Å². The molecule has 1 aromatic carbocycles. The van der Waals surface area contributed by atoms with Gasteiger partial charge in [-0.2, -0.15) is 0 Å². The molecule has 0 saturated carbocycles. The molecular weight excluding hydrogens is 324 g/mol. The van der Waals surface area contributed by atoms with Crippen LogP contribution in [0.3, 0.4) is 0 Å². The number of nitro groups is 1. The molecule has 0 aromatic heterocycles. The predicted molar refractivity (Wildman–Crippen MR) is 71.6 cm³/mol. The summed E-state index contributed by atoms with van der Waals surface area (Å²) in [6, 6.07) is 2.44. The van der Waals surface area contributed by atoms with Crippen molar-refractivity contribution in [3.05, 3.63) is 33.4 Å². The summed E-state index contributed by atoms with van der Waals surface area (Å²) >= 11 is 3.11. The van der Waals surface area contributed by atoms with E-state index in [9.17, 15) is 18.5 Å². The number of nitro benzene ring substituents is 1. The van der Waals surface area contributed by atoms with Gasteiger partial charge < -0.3 is 0 Å². The Bertz CT molecular complexity index is 571. The Kier molecular flexibility index (Phi) is 4.83. The summed E-state index contributed by atoms with van der Waals surface area (Å²) in [6.45, 7) is 3.50. The third-order valence-electron chi connectivity index (χ3n) is 2.49. The summed E-state index contributed by atoms with van der Waals surface area (Å²) in [6.07, 6.45) is 0. The quantitative estimate of drug-likeness (QED) is 0.505. The van der Waals surface area contributed by atoms with Gasteiger partial charge in [0.2, 0.25) is 10.0 Å². The zero-order chi connectivity index (χ0) is 13.9. The van der Waals surface area contributed by atoms with Gasteiger partial charge in [0.25, 0.3) is 5.69 Å². The van der Waals surface area contributed by atoms with Crippen LogP contribution in [0.2, 0.25) is 0 Å². The molecule has 0 unspecified atom stereocenters. The van der Waals surface area contributed by atoms with Crippen LogP contribution < -0.4 is 4.72 Å². The number of aryl methyl sites for hydroxylation is 1. The Morgan fingerprint density at radius 1 is 1.39 bits per heavy atom. The molecule has 0 amide bonds. The highest BCUT2D eigenvalue weighted by molar-refractivity contribution is 9.09. The van der Waals surface area contributed by atoms with Crippen molar-refractivity contribution in [1.29, 1.82) is 0 Å². The molecule has 6 nitrogen and oxygen atoms in total. The van der Waals surface area contributed by atoms with E-state index < -0.39 is 14.9 Å². The first kappa shape index (κ1) is 15.1. The van der Waals surface area contributed by atoms with Crippen LogP contribution >= 0.6 is 15.9 Å². The fraction of sp³-hybridized carbons (Fsp3) is 0.400. The van der Waals surface area contributed by atoms with E-state index in [1.54, 1.807) is 13.8 Å². The normalized spacial score (nSPS) is 11.5. The Balaban J connectivity index is 3.35. The number of rotatable bonds is 5. The summed E-state index contributed by atoms with van der Waals surface area (Å²) in [5, 5.41) is 11.2. The van der Waals surface area contributed by atoms with E-state index in [2.05, 4.69) is 20.7 Å². The number of nitrogens with zero attached hydrogens (tertiary/aromatic N) is 1. The van der Waals surface area contributed by atoms with Crippen molar-refractivity contribution in [1.82, 2.24) is 4.72 Å². The fourth-order valence-electron chi connectivity index (χ4n) is 1.44. The minimum absolute atomic E-state index is 0.0462. The number of hydrogen-bond acceptors (Lipinski definition) is 4. The van der Waals surface area contributed by atoms with E-state index in [0.717, 1.165) is 6.07 Å². The second-order valence-electron chi connectivity index (χ2n) is 3.73. The predicted octanol–water partition coefficient (Wildman–Crippen LogP) is 1.88. The lowest BCUT2D eigenvalue weighted by Crippen LogP contribution is -2.26. The molecule has 0 saturated heterocycles. The van der Waals surface area contributed by atoms with E-state index in [4.69, 9.17) is 0 Å². The minimum Gasteiger partial charge on any atom is -0.258 e. The van der Waals surface area contributed by atoms with Crippen molar-refractivity contribution in [3.63, 3.8) is 0 Å². The molecule has 0 heterocycles. The minimum atomic E-state index is -3.72. The van der Waals surface area contributed by atoms with E-state index >= 15 is 0 Å². The molecule has 1 aromatic rings. The molecule has 100 valence electrons. The van der Waals surface area contributed by atoms with Gasteiger partial charge in [-0.15, -0.1) is 0 Å². The van der Waals surface area contributed by atoms with Gasteiger partial charge in [0.15, 0.2) is 0 Å². The number of benzene rings is 1. The number of non-ortho nitro benzene ring substituents is 1. The van der Waals surface area contributed by atoms with Crippen molar-refractivity contribution in [3.8, 4) is 0 Å². The SMILES string of the molecule is Cc1cc([N+](=O)[O-])cc(S(=O)(=O)NCCBr)c1C. The molecule has 0 aliphatic carbocycles. The highest BCUT2D eigenvalue weighted by Gasteiger charge is 2.21. The van der Waals surface area contributed by atoms with Crippen molar-refractivity contribution < 1.29 is 13.3 Å². The Morgan fingerprint density at radius 2 is 2.00 bits per heavy atom. The molecule has 0 fully saturated rings. The lowest BCUT2D eigenvalue weighted by atomic mass is 10.1. The summed E-state index contributed by atoms with van der Waals surface area (Å²) < 4.78 is 26.3. The first-order valence-electron chi connectivity index (χ1n) is 5.11. The summed E-state index contributed by atoms with van der Waals surface area (Å²) in [5.41, 5.74) is 0.864. The topological polar surface area (TPSA) is 89.3 Å². The van der Waals surface area contributed by atoms with Gasteiger partial charge in [0.05, 0.1) is 9.82 Å². The molecule has 0 radical (unpaired) electrons. The van der Waals surface area contributed by atoms with Crippen LogP contribution in [0.4, 0.5) is 5.69 Å². The molecular formula is C10H13BrN2O4S. The van der Waals surface area contributed by atoms with Gasteiger partial charge in [0, 0.05) is 24.0 Å². The van der Waals surface area contributed by atoms with Gasteiger partial charge in [0.1, 0.15) is 0 Å². The monoisotopic (exact) mass is 336 g/mol. The summed E-state index contributed by atoms with van der Waals surface area (Å²) in [4.78, 5) is 10.1. The third-order valence-corrected chi connectivity index (χ3v) is 4.48. The van der Waals surface area contributed by atoms with Crippen LogP contribution in [0.5, 0.6) is 0 Å². The van der Waals surface area contributed by atoms with Gasteiger partial charge >= 0.3 is 0 Å². The lowest BCUT2D eigenvalue weighted by molar-refractivity contribution is -0.385. The van der Waals surface area contributed by atoms with Crippen molar-refractivity contribution >= 4 is 31.6 Å². The zero-order valence-electron chi connectivity index (χ0n) is 9.94. The van der Waals surface area contributed by atoms with Crippen LogP contribution in [-0.4, -0.2) is 25.2 Å². The van der Waals surface area contributed by atoms with E-state index in [1.807, 2.05) is 0 Å². The van der Waals surface area contributed by atoms with E-state index in [-0.39, 0.29) is 17.1 Å². The molecule has 1 rings (SSSR count). The van der Waals surface area contributed by atoms with Crippen LogP contribution in [-0.2, 0) is 10.0 Å². The maximum atomic E-state index is 12.0. The third kappa shape index (κ3) is 3.27. The Hall–Kier alpha value is -0.990. The maximum absolute atomic E-state index is 12.0. The van der Waals surface area contributed by atoms with Crippen molar-refractivity contribution in [2.75, 3.05) is 11.9 Å². The number of nitrogens with one attached hydrogen (secondary N) is 1. The maximum Gasteiger partial charge on any atom is 0.271 e. The average molecular weight is 337 g/mol. The second kappa shape index (κ2) is 5.77. The van der Waals surface area contributed by atoms with E-state index in [0.29, 0.717) is 16.5 Å². The smallest absolute Gasteiger partial charge is 0.258 e. The molecule has 0 aliphatic rings. The van der Waals surface area contributed by atoms with Gasteiger partial charge in [-0.3, -0.25) is 10.1 Å². The molecule has 0 bridgehead atoms. The molecule has 8 heteroatoms. The molecule has 0 atom stereocenters. The standard InChI is InChI=1S/C10H13BrN2O4S/c1-7-5-9(13(14)15)6-10(8(7)2)18(16,17)12-4-3-11/h5-6,12H,3-4H2,1-2H3. The first-order chi connectivity index (χ1) is 8.29. The van der Waals surface area contributed by atoms with Gasteiger partial charge in [-0.05, 0) is 25.0 Å². The van der Waals surface area contributed by atoms with Crippen molar-refractivity contribution in [2.45, 2.75) is 18.7 Å². The van der Waals surface area contributed by atoms with Gasteiger partial charge in [-0.1, -0.05) is 15.9 Å². The first-order valence-corrected chi connectivity index (χ1v) is 7.71.